The fraction of sp³-hybridized carbons (Fsp3) is 0.526. The summed E-state index contributed by atoms with van der Waals surface area (Å²) in [6.45, 7) is 4.19. The maximum atomic E-state index is 12.4. The molecule has 1 fully saturated rings. The molecule has 2 unspecified atom stereocenters. The second-order valence-electron chi connectivity index (χ2n) is 7.00. The van der Waals surface area contributed by atoms with Crippen LogP contribution in [0.4, 0.5) is 0 Å². The molecule has 5 heteroatoms. The quantitative estimate of drug-likeness (QED) is 0.864. The summed E-state index contributed by atoms with van der Waals surface area (Å²) in [6, 6.07) is 5.47. The fourth-order valence-corrected chi connectivity index (χ4v) is 3.63. The Hall–Kier alpha value is -2.17. The van der Waals surface area contributed by atoms with Gasteiger partial charge in [0.1, 0.15) is 0 Å². The molecule has 0 radical (unpaired) electrons. The van der Waals surface area contributed by atoms with E-state index in [4.69, 9.17) is 0 Å². The molecule has 1 aliphatic heterocycles. The highest BCUT2D eigenvalue weighted by Crippen LogP contribution is 2.25. The third-order valence-electron chi connectivity index (χ3n) is 5.15. The number of carbonyl (C=O) groups is 3. The molecule has 1 saturated carbocycles. The highest BCUT2D eigenvalue weighted by Gasteiger charge is 2.35. The van der Waals surface area contributed by atoms with E-state index in [-0.39, 0.29) is 36.7 Å². The minimum atomic E-state index is -0.297. The molecule has 0 saturated heterocycles. The molecule has 1 heterocycles. The lowest BCUT2D eigenvalue weighted by molar-refractivity contribution is -0.122. The second-order valence-corrected chi connectivity index (χ2v) is 7.00. The van der Waals surface area contributed by atoms with Crippen LogP contribution in [0.5, 0.6) is 0 Å². The van der Waals surface area contributed by atoms with Crippen LogP contribution in [-0.2, 0) is 4.79 Å². The number of nitrogens with zero attached hydrogens (tertiary/aromatic N) is 1. The molecule has 3 rings (SSSR count). The largest absolute Gasteiger partial charge is 0.353 e. The Labute approximate surface area is 142 Å². The summed E-state index contributed by atoms with van der Waals surface area (Å²) in [7, 11) is 0. The van der Waals surface area contributed by atoms with E-state index in [1.807, 2.05) is 13.0 Å². The van der Waals surface area contributed by atoms with Gasteiger partial charge in [-0.25, -0.2) is 0 Å². The van der Waals surface area contributed by atoms with Gasteiger partial charge >= 0.3 is 0 Å². The van der Waals surface area contributed by atoms with Gasteiger partial charge in [-0.15, -0.1) is 0 Å². The van der Waals surface area contributed by atoms with Crippen molar-refractivity contribution >= 4 is 17.7 Å². The van der Waals surface area contributed by atoms with Crippen LogP contribution in [0.2, 0.25) is 0 Å². The van der Waals surface area contributed by atoms with Gasteiger partial charge in [-0.3, -0.25) is 19.3 Å². The SMILES string of the molecule is Cc1ccc2c(c1)C(=O)N(CCC(=O)NC1CCCCC1C)C2=O. The lowest BCUT2D eigenvalue weighted by Gasteiger charge is -2.29. The molecule has 2 aliphatic rings. The van der Waals surface area contributed by atoms with E-state index in [1.54, 1.807) is 12.1 Å². The van der Waals surface area contributed by atoms with Crippen molar-refractivity contribution in [2.45, 2.75) is 52.0 Å². The zero-order chi connectivity index (χ0) is 17.3. The first-order chi connectivity index (χ1) is 11.5. The van der Waals surface area contributed by atoms with Crippen molar-refractivity contribution in [1.82, 2.24) is 10.2 Å². The zero-order valence-corrected chi connectivity index (χ0v) is 14.3. The van der Waals surface area contributed by atoms with E-state index in [2.05, 4.69) is 12.2 Å². The first kappa shape index (κ1) is 16.7. The predicted octanol–water partition coefficient (Wildman–Crippen LogP) is 2.68. The van der Waals surface area contributed by atoms with Crippen LogP contribution in [0.25, 0.3) is 0 Å². The Bertz CT molecular complexity index is 683. The Kier molecular flexibility index (Phi) is 4.69. The van der Waals surface area contributed by atoms with E-state index < -0.39 is 0 Å². The maximum absolute atomic E-state index is 12.4. The van der Waals surface area contributed by atoms with Crippen molar-refractivity contribution in [2.75, 3.05) is 6.54 Å². The van der Waals surface area contributed by atoms with Gasteiger partial charge in [-0.1, -0.05) is 31.4 Å². The minimum Gasteiger partial charge on any atom is -0.353 e. The normalized spacial score (nSPS) is 23.3. The van der Waals surface area contributed by atoms with Crippen molar-refractivity contribution in [3.8, 4) is 0 Å². The Morgan fingerprint density at radius 3 is 2.62 bits per heavy atom. The van der Waals surface area contributed by atoms with E-state index in [9.17, 15) is 14.4 Å². The van der Waals surface area contributed by atoms with Crippen molar-refractivity contribution in [3.05, 3.63) is 34.9 Å². The number of hydrogen-bond acceptors (Lipinski definition) is 3. The molecule has 2 atom stereocenters. The van der Waals surface area contributed by atoms with Gasteiger partial charge in [0.15, 0.2) is 0 Å². The van der Waals surface area contributed by atoms with E-state index in [1.165, 1.54) is 11.3 Å². The molecule has 1 aliphatic carbocycles. The minimum absolute atomic E-state index is 0.0820. The van der Waals surface area contributed by atoms with Gasteiger partial charge in [0.05, 0.1) is 11.1 Å². The predicted molar refractivity (Wildman–Crippen MR) is 90.7 cm³/mol. The van der Waals surface area contributed by atoms with E-state index >= 15 is 0 Å². The number of nitrogens with one attached hydrogen (secondary N) is 1. The van der Waals surface area contributed by atoms with Gasteiger partial charge in [-0.2, -0.15) is 0 Å². The molecule has 1 N–H and O–H groups in total. The molecule has 24 heavy (non-hydrogen) atoms. The fourth-order valence-electron chi connectivity index (χ4n) is 3.63. The third-order valence-corrected chi connectivity index (χ3v) is 5.15. The smallest absolute Gasteiger partial charge is 0.261 e. The Balaban J connectivity index is 1.58. The standard InChI is InChI=1S/C19H24N2O3/c1-12-7-8-14-15(11-12)19(24)21(18(14)23)10-9-17(22)20-16-6-4-3-5-13(16)2/h7-8,11,13,16H,3-6,9-10H2,1-2H3,(H,20,22). The van der Waals surface area contributed by atoms with Crippen molar-refractivity contribution in [2.24, 2.45) is 5.92 Å². The van der Waals surface area contributed by atoms with Gasteiger partial charge in [0.2, 0.25) is 5.91 Å². The number of fused-ring (bicyclic) bond motifs is 1. The van der Waals surface area contributed by atoms with Crippen LogP contribution in [0.1, 0.15) is 65.3 Å². The van der Waals surface area contributed by atoms with Crippen LogP contribution in [0.15, 0.2) is 18.2 Å². The first-order valence-electron chi connectivity index (χ1n) is 8.73. The van der Waals surface area contributed by atoms with Crippen LogP contribution < -0.4 is 5.32 Å². The number of carbonyl (C=O) groups excluding carboxylic acids is 3. The lowest BCUT2D eigenvalue weighted by atomic mass is 9.86. The summed E-state index contributed by atoms with van der Waals surface area (Å²) in [4.78, 5) is 38.1. The van der Waals surface area contributed by atoms with E-state index in [0.29, 0.717) is 17.0 Å². The monoisotopic (exact) mass is 328 g/mol. The Morgan fingerprint density at radius 1 is 1.17 bits per heavy atom. The summed E-state index contributed by atoms with van der Waals surface area (Å²) in [5.41, 5.74) is 1.83. The molecular weight excluding hydrogens is 304 g/mol. The number of hydrogen-bond donors (Lipinski definition) is 1. The molecule has 128 valence electrons. The second kappa shape index (κ2) is 6.75. The molecule has 0 spiro atoms. The van der Waals surface area contributed by atoms with Crippen LogP contribution in [0, 0.1) is 12.8 Å². The molecule has 0 bridgehead atoms. The van der Waals surface area contributed by atoms with Crippen molar-refractivity contribution in [1.29, 1.82) is 0 Å². The highest BCUT2D eigenvalue weighted by atomic mass is 16.2. The molecule has 1 aromatic rings. The summed E-state index contributed by atoms with van der Waals surface area (Å²) in [5.74, 6) is -0.183. The summed E-state index contributed by atoms with van der Waals surface area (Å²) >= 11 is 0. The van der Waals surface area contributed by atoms with Gasteiger partial charge in [0, 0.05) is 19.0 Å². The number of imide groups is 1. The average Bonchev–Trinajstić information content (AvgIpc) is 2.78. The Morgan fingerprint density at radius 2 is 1.88 bits per heavy atom. The summed E-state index contributed by atoms with van der Waals surface area (Å²) in [6.07, 6.45) is 4.69. The van der Waals surface area contributed by atoms with Crippen molar-refractivity contribution in [3.63, 3.8) is 0 Å². The maximum Gasteiger partial charge on any atom is 0.261 e. The number of amides is 3. The molecular formula is C19H24N2O3. The third kappa shape index (κ3) is 3.21. The summed E-state index contributed by atoms with van der Waals surface area (Å²) < 4.78 is 0. The number of aryl methyl sites for hydroxylation is 1. The van der Waals surface area contributed by atoms with Crippen LogP contribution in [0.3, 0.4) is 0 Å². The molecule has 5 nitrogen and oxygen atoms in total. The topological polar surface area (TPSA) is 66.5 Å². The van der Waals surface area contributed by atoms with Crippen molar-refractivity contribution < 1.29 is 14.4 Å². The van der Waals surface area contributed by atoms with Gasteiger partial charge in [-0.05, 0) is 37.8 Å². The highest BCUT2D eigenvalue weighted by molar-refractivity contribution is 6.21. The summed E-state index contributed by atoms with van der Waals surface area (Å²) in [5, 5.41) is 3.06. The average molecular weight is 328 g/mol. The van der Waals surface area contributed by atoms with Gasteiger partial charge in [0.25, 0.3) is 11.8 Å². The lowest BCUT2D eigenvalue weighted by Crippen LogP contribution is -2.42. The van der Waals surface area contributed by atoms with E-state index in [0.717, 1.165) is 24.8 Å². The van der Waals surface area contributed by atoms with Crippen LogP contribution in [-0.4, -0.2) is 35.2 Å². The zero-order valence-electron chi connectivity index (χ0n) is 14.3. The number of benzene rings is 1. The first-order valence-corrected chi connectivity index (χ1v) is 8.73. The van der Waals surface area contributed by atoms with Crippen LogP contribution >= 0.6 is 0 Å². The number of rotatable bonds is 4. The molecule has 1 aromatic carbocycles. The molecule has 3 amide bonds. The molecule has 0 aromatic heterocycles. The van der Waals surface area contributed by atoms with Gasteiger partial charge < -0.3 is 5.32 Å².